The first kappa shape index (κ1) is 17.3. The van der Waals surface area contributed by atoms with E-state index in [1.807, 2.05) is 6.07 Å². The molecule has 2 aliphatic heterocycles. The molecule has 1 aromatic carbocycles. The van der Waals surface area contributed by atoms with Crippen LogP contribution in [0.3, 0.4) is 0 Å². The van der Waals surface area contributed by atoms with Crippen LogP contribution in [0.15, 0.2) is 18.2 Å². The van der Waals surface area contributed by atoms with E-state index in [9.17, 15) is 0 Å². The summed E-state index contributed by atoms with van der Waals surface area (Å²) in [5.74, 6) is 1.66. The highest BCUT2D eigenvalue weighted by atomic mass is 32.1. The molecule has 1 saturated heterocycles. The average Bonchev–Trinajstić information content (AvgIpc) is 3.00. The highest BCUT2D eigenvalue weighted by molar-refractivity contribution is 7.80. The Balaban J connectivity index is 1.75. The second-order valence-electron chi connectivity index (χ2n) is 6.95. The number of nitrogens with zero attached hydrogens (tertiary/aromatic N) is 2. The van der Waals surface area contributed by atoms with Crippen LogP contribution in [-0.2, 0) is 6.54 Å². The summed E-state index contributed by atoms with van der Waals surface area (Å²) in [6.45, 7) is 7.59. The molecule has 1 fully saturated rings. The van der Waals surface area contributed by atoms with E-state index in [2.05, 4.69) is 48.1 Å². The number of nitrogens with one attached hydrogen (secondary N) is 1. The van der Waals surface area contributed by atoms with Crippen LogP contribution in [0, 0.1) is 0 Å². The summed E-state index contributed by atoms with van der Waals surface area (Å²) in [5, 5.41) is 4.26. The zero-order chi connectivity index (χ0) is 17.1. The molecule has 5 nitrogen and oxygen atoms in total. The van der Waals surface area contributed by atoms with Gasteiger partial charge in [0.15, 0.2) is 16.6 Å². The number of benzene rings is 1. The molecule has 0 saturated carbocycles. The molecule has 6 heteroatoms. The van der Waals surface area contributed by atoms with E-state index in [1.54, 1.807) is 0 Å². The van der Waals surface area contributed by atoms with Gasteiger partial charge in [-0.25, -0.2) is 0 Å². The molecule has 0 unspecified atom stereocenters. The fourth-order valence-electron chi connectivity index (χ4n) is 3.24. The highest BCUT2D eigenvalue weighted by Gasteiger charge is 2.26. The lowest BCUT2D eigenvalue weighted by Crippen LogP contribution is -2.50. The first-order valence-corrected chi connectivity index (χ1v) is 9.08. The van der Waals surface area contributed by atoms with Gasteiger partial charge in [-0.3, -0.25) is 0 Å². The molecule has 0 atom stereocenters. The van der Waals surface area contributed by atoms with Crippen molar-refractivity contribution in [3.8, 4) is 11.5 Å². The molecule has 2 heterocycles. The first-order chi connectivity index (χ1) is 11.5. The monoisotopic (exact) mass is 349 g/mol. The largest absolute Gasteiger partial charge is 0.454 e. The van der Waals surface area contributed by atoms with Gasteiger partial charge < -0.3 is 24.6 Å². The number of fused-ring (bicyclic) bond motifs is 1. The van der Waals surface area contributed by atoms with Gasteiger partial charge in [-0.05, 0) is 76.7 Å². The van der Waals surface area contributed by atoms with Crippen LogP contribution in [0.1, 0.15) is 32.3 Å². The summed E-state index contributed by atoms with van der Waals surface area (Å²) in [7, 11) is 2.18. The normalized spacial score (nSPS) is 18.0. The van der Waals surface area contributed by atoms with E-state index in [0.717, 1.165) is 49.1 Å². The molecule has 3 rings (SSSR count). The molecule has 0 bridgehead atoms. The minimum Gasteiger partial charge on any atom is -0.454 e. The predicted molar refractivity (Wildman–Crippen MR) is 99.5 cm³/mol. The van der Waals surface area contributed by atoms with Gasteiger partial charge in [0.2, 0.25) is 6.79 Å². The highest BCUT2D eigenvalue weighted by Crippen LogP contribution is 2.33. The summed E-state index contributed by atoms with van der Waals surface area (Å²) in [4.78, 5) is 4.73. The smallest absolute Gasteiger partial charge is 0.231 e. The second kappa shape index (κ2) is 7.57. The van der Waals surface area contributed by atoms with Crippen molar-refractivity contribution in [3.63, 3.8) is 0 Å². The standard InChI is InChI=1S/C18H27N3O2S/c1-13(2)19-18(24)21(15-6-8-20(3)9-7-15)11-14-4-5-16-17(10-14)23-12-22-16/h4-5,10,13,15H,6-9,11-12H2,1-3H3,(H,19,24). The van der Waals surface area contributed by atoms with Crippen molar-refractivity contribution in [2.75, 3.05) is 26.9 Å². The Morgan fingerprint density at radius 2 is 2.00 bits per heavy atom. The Kier molecular flexibility index (Phi) is 5.46. The third-order valence-electron chi connectivity index (χ3n) is 4.59. The zero-order valence-corrected chi connectivity index (χ0v) is 15.6. The van der Waals surface area contributed by atoms with Gasteiger partial charge in [0.25, 0.3) is 0 Å². The maximum absolute atomic E-state index is 5.71. The van der Waals surface area contributed by atoms with Crippen LogP contribution in [-0.4, -0.2) is 53.9 Å². The Labute approximate surface area is 149 Å². The van der Waals surface area contributed by atoms with Gasteiger partial charge >= 0.3 is 0 Å². The van der Waals surface area contributed by atoms with Crippen LogP contribution in [0.5, 0.6) is 11.5 Å². The molecule has 1 N–H and O–H groups in total. The van der Waals surface area contributed by atoms with E-state index in [-0.39, 0.29) is 0 Å². The van der Waals surface area contributed by atoms with Crippen LogP contribution < -0.4 is 14.8 Å². The number of hydrogen-bond donors (Lipinski definition) is 1. The zero-order valence-electron chi connectivity index (χ0n) is 14.7. The Morgan fingerprint density at radius 1 is 1.29 bits per heavy atom. The van der Waals surface area contributed by atoms with Crippen LogP contribution in [0.2, 0.25) is 0 Å². The van der Waals surface area contributed by atoms with Crippen molar-refractivity contribution in [1.82, 2.24) is 15.1 Å². The second-order valence-corrected chi connectivity index (χ2v) is 7.34. The minimum atomic E-state index is 0.310. The van der Waals surface area contributed by atoms with Gasteiger partial charge in [-0.1, -0.05) is 6.07 Å². The minimum absolute atomic E-state index is 0.310. The number of piperidine rings is 1. The van der Waals surface area contributed by atoms with E-state index in [0.29, 0.717) is 18.9 Å². The van der Waals surface area contributed by atoms with Crippen molar-refractivity contribution in [3.05, 3.63) is 23.8 Å². The number of likely N-dealkylation sites (tertiary alicyclic amines) is 1. The molecule has 24 heavy (non-hydrogen) atoms. The van der Waals surface area contributed by atoms with Gasteiger partial charge in [0, 0.05) is 18.6 Å². The molecule has 0 aromatic heterocycles. The molecule has 1 aromatic rings. The Morgan fingerprint density at radius 3 is 2.71 bits per heavy atom. The summed E-state index contributed by atoms with van der Waals surface area (Å²) >= 11 is 5.71. The van der Waals surface area contributed by atoms with Gasteiger partial charge in [-0.15, -0.1) is 0 Å². The third kappa shape index (κ3) is 4.11. The molecule has 0 amide bonds. The van der Waals surface area contributed by atoms with Gasteiger partial charge in [-0.2, -0.15) is 0 Å². The average molecular weight is 350 g/mol. The van der Waals surface area contributed by atoms with E-state index < -0.39 is 0 Å². The van der Waals surface area contributed by atoms with Crippen molar-refractivity contribution < 1.29 is 9.47 Å². The predicted octanol–water partition coefficient (Wildman–Crippen LogP) is 2.59. The first-order valence-electron chi connectivity index (χ1n) is 8.67. The van der Waals surface area contributed by atoms with E-state index in [1.165, 1.54) is 5.56 Å². The van der Waals surface area contributed by atoms with Crippen molar-refractivity contribution in [2.45, 2.75) is 45.3 Å². The van der Waals surface area contributed by atoms with E-state index in [4.69, 9.17) is 21.7 Å². The number of ether oxygens (including phenoxy) is 2. The summed E-state index contributed by atoms with van der Waals surface area (Å²) < 4.78 is 10.9. The quantitative estimate of drug-likeness (QED) is 0.842. The number of hydrogen-bond acceptors (Lipinski definition) is 4. The fourth-order valence-corrected chi connectivity index (χ4v) is 3.69. The van der Waals surface area contributed by atoms with Crippen molar-refractivity contribution >= 4 is 17.3 Å². The molecule has 2 aliphatic rings. The maximum Gasteiger partial charge on any atom is 0.231 e. The molecule has 132 valence electrons. The van der Waals surface area contributed by atoms with Gasteiger partial charge in [0.05, 0.1) is 0 Å². The maximum atomic E-state index is 5.71. The Hall–Kier alpha value is -1.53. The van der Waals surface area contributed by atoms with Crippen LogP contribution in [0.4, 0.5) is 0 Å². The third-order valence-corrected chi connectivity index (χ3v) is 4.94. The van der Waals surface area contributed by atoms with Gasteiger partial charge in [0.1, 0.15) is 0 Å². The molecular weight excluding hydrogens is 322 g/mol. The summed E-state index contributed by atoms with van der Waals surface area (Å²) in [5.41, 5.74) is 1.20. The molecule has 0 aliphatic carbocycles. The van der Waals surface area contributed by atoms with Crippen molar-refractivity contribution in [1.29, 1.82) is 0 Å². The fraction of sp³-hybridized carbons (Fsp3) is 0.611. The van der Waals surface area contributed by atoms with Crippen LogP contribution in [0.25, 0.3) is 0 Å². The van der Waals surface area contributed by atoms with Crippen LogP contribution >= 0.6 is 12.2 Å². The lowest BCUT2D eigenvalue weighted by atomic mass is 10.0. The Bertz CT molecular complexity index is 586. The molecule has 0 radical (unpaired) electrons. The van der Waals surface area contributed by atoms with Crippen molar-refractivity contribution in [2.24, 2.45) is 0 Å². The summed E-state index contributed by atoms with van der Waals surface area (Å²) in [6, 6.07) is 6.98. The SMILES string of the molecule is CC(C)NC(=S)N(Cc1ccc2c(c1)OCO2)C1CCN(C)CC1. The summed E-state index contributed by atoms with van der Waals surface area (Å²) in [6.07, 6.45) is 2.28. The number of rotatable bonds is 4. The lowest BCUT2D eigenvalue weighted by molar-refractivity contribution is 0.169. The topological polar surface area (TPSA) is 37.0 Å². The van der Waals surface area contributed by atoms with E-state index >= 15 is 0 Å². The molecular formula is C18H27N3O2S. The number of thiocarbonyl (C=S) groups is 1. The molecule has 0 spiro atoms. The lowest BCUT2D eigenvalue weighted by Gasteiger charge is -2.39.